The van der Waals surface area contributed by atoms with Gasteiger partial charge >= 0.3 is 6.18 Å². The molecule has 0 unspecified atom stereocenters. The predicted octanol–water partition coefficient (Wildman–Crippen LogP) is 3.10. The van der Waals surface area contributed by atoms with E-state index < -0.39 is 11.7 Å². The van der Waals surface area contributed by atoms with Crippen molar-refractivity contribution in [3.8, 4) is 0 Å². The fourth-order valence-corrected chi connectivity index (χ4v) is 1.37. The molecule has 1 saturated carbocycles. The van der Waals surface area contributed by atoms with E-state index in [0.717, 1.165) is 25.0 Å². The van der Waals surface area contributed by atoms with E-state index in [-0.39, 0.29) is 11.6 Å². The molecule has 16 heavy (non-hydrogen) atoms. The maximum atomic E-state index is 12.4. The van der Waals surface area contributed by atoms with Crippen LogP contribution in [-0.2, 0) is 6.18 Å². The molecule has 5 heteroatoms. The number of alkyl halides is 3. The van der Waals surface area contributed by atoms with Gasteiger partial charge in [0.15, 0.2) is 0 Å². The molecule has 1 aromatic rings. The van der Waals surface area contributed by atoms with E-state index in [0.29, 0.717) is 5.84 Å². The van der Waals surface area contributed by atoms with Crippen molar-refractivity contribution in [2.45, 2.75) is 19.0 Å². The summed E-state index contributed by atoms with van der Waals surface area (Å²) in [4.78, 5) is 3.99. The lowest BCUT2D eigenvalue weighted by Gasteiger charge is -2.06. The molecule has 1 aliphatic carbocycles. The summed E-state index contributed by atoms with van der Waals surface area (Å²) in [6.45, 7) is 0. The number of nitrogens with two attached hydrogens (primary N) is 1. The zero-order valence-corrected chi connectivity index (χ0v) is 8.46. The highest BCUT2D eigenvalue weighted by Gasteiger charge is 2.30. The molecule has 0 heterocycles. The van der Waals surface area contributed by atoms with E-state index in [2.05, 4.69) is 4.99 Å². The van der Waals surface area contributed by atoms with Crippen LogP contribution in [0.1, 0.15) is 18.4 Å². The van der Waals surface area contributed by atoms with Crippen molar-refractivity contribution in [1.82, 2.24) is 0 Å². The number of aliphatic imine (C=N–C) groups is 1. The minimum absolute atomic E-state index is 0.259. The highest BCUT2D eigenvalue weighted by molar-refractivity contribution is 5.87. The lowest BCUT2D eigenvalue weighted by atomic mass is 10.2. The van der Waals surface area contributed by atoms with Gasteiger partial charge in [-0.3, -0.25) is 0 Å². The van der Waals surface area contributed by atoms with Crippen molar-refractivity contribution in [3.05, 3.63) is 29.8 Å². The number of amidine groups is 1. The summed E-state index contributed by atoms with van der Waals surface area (Å²) in [5, 5.41) is 0. The average Bonchev–Trinajstić information content (AvgIpc) is 2.99. The first kappa shape index (κ1) is 11.0. The molecule has 2 rings (SSSR count). The van der Waals surface area contributed by atoms with Crippen LogP contribution in [0.3, 0.4) is 0 Å². The summed E-state index contributed by atoms with van der Waals surface area (Å²) in [6, 6.07) is 4.88. The Bertz CT molecular complexity index is 419. The lowest BCUT2D eigenvalue weighted by molar-refractivity contribution is -0.137. The first-order valence-corrected chi connectivity index (χ1v) is 4.98. The average molecular weight is 228 g/mol. The molecule has 0 atom stereocenters. The summed E-state index contributed by atoms with van der Waals surface area (Å²) in [6.07, 6.45) is -2.37. The molecule has 0 saturated heterocycles. The number of hydrogen-bond acceptors (Lipinski definition) is 1. The van der Waals surface area contributed by atoms with Crippen LogP contribution in [0.2, 0.25) is 0 Å². The van der Waals surface area contributed by atoms with E-state index in [4.69, 9.17) is 5.73 Å². The number of nitrogens with zero attached hydrogens (tertiary/aromatic N) is 1. The molecule has 2 nitrogen and oxygen atoms in total. The first-order chi connectivity index (χ1) is 7.47. The smallest absolute Gasteiger partial charge is 0.387 e. The molecule has 2 N–H and O–H groups in total. The minimum atomic E-state index is -4.33. The number of hydrogen-bond donors (Lipinski definition) is 1. The summed E-state index contributed by atoms with van der Waals surface area (Å²) in [7, 11) is 0. The van der Waals surface area contributed by atoms with Crippen molar-refractivity contribution in [2.24, 2.45) is 16.6 Å². The highest BCUT2D eigenvalue weighted by Crippen LogP contribution is 2.33. The summed E-state index contributed by atoms with van der Waals surface area (Å²) in [5.74, 6) is 0.689. The van der Waals surface area contributed by atoms with Gasteiger partial charge < -0.3 is 5.73 Å². The van der Waals surface area contributed by atoms with Gasteiger partial charge in [-0.1, -0.05) is 6.07 Å². The SMILES string of the molecule is NC(=Nc1cccc(C(F)(F)F)c1)C1CC1. The van der Waals surface area contributed by atoms with Crippen molar-refractivity contribution in [2.75, 3.05) is 0 Å². The van der Waals surface area contributed by atoms with Gasteiger partial charge in [-0.05, 0) is 31.0 Å². The third kappa shape index (κ3) is 2.53. The monoisotopic (exact) mass is 228 g/mol. The second-order valence-corrected chi connectivity index (χ2v) is 3.86. The van der Waals surface area contributed by atoms with E-state index in [9.17, 15) is 13.2 Å². The van der Waals surface area contributed by atoms with Gasteiger partial charge in [-0.15, -0.1) is 0 Å². The Morgan fingerprint density at radius 3 is 2.56 bits per heavy atom. The van der Waals surface area contributed by atoms with E-state index in [1.165, 1.54) is 12.1 Å². The quantitative estimate of drug-likeness (QED) is 0.613. The molecule has 0 bridgehead atoms. The van der Waals surface area contributed by atoms with Gasteiger partial charge in [-0.2, -0.15) is 13.2 Å². The van der Waals surface area contributed by atoms with Crippen LogP contribution in [0.5, 0.6) is 0 Å². The van der Waals surface area contributed by atoms with E-state index >= 15 is 0 Å². The summed E-state index contributed by atoms with van der Waals surface area (Å²) < 4.78 is 37.2. The number of benzene rings is 1. The van der Waals surface area contributed by atoms with Gasteiger partial charge in [-0.25, -0.2) is 4.99 Å². The van der Waals surface area contributed by atoms with Crippen LogP contribution in [0.15, 0.2) is 29.3 Å². The Labute approximate surface area is 91.0 Å². The second kappa shape index (κ2) is 3.81. The van der Waals surface area contributed by atoms with Crippen LogP contribution in [0, 0.1) is 5.92 Å². The normalized spacial score (nSPS) is 17.6. The van der Waals surface area contributed by atoms with Gasteiger partial charge in [0.1, 0.15) is 5.84 Å². The second-order valence-electron chi connectivity index (χ2n) is 3.86. The Balaban J connectivity index is 2.25. The van der Waals surface area contributed by atoms with Crippen molar-refractivity contribution in [1.29, 1.82) is 0 Å². The standard InChI is InChI=1S/C11H11F3N2/c12-11(13,14)8-2-1-3-9(6-8)16-10(15)7-4-5-7/h1-3,6-7H,4-5H2,(H2,15,16). The number of halogens is 3. The molecular weight excluding hydrogens is 217 g/mol. The van der Waals surface area contributed by atoms with Crippen LogP contribution in [-0.4, -0.2) is 5.84 Å². The summed E-state index contributed by atoms with van der Waals surface area (Å²) in [5.41, 5.74) is 5.21. The molecule has 0 amide bonds. The zero-order chi connectivity index (χ0) is 11.8. The number of rotatable bonds is 2. The van der Waals surface area contributed by atoms with Crippen molar-refractivity contribution in [3.63, 3.8) is 0 Å². The molecule has 0 spiro atoms. The Morgan fingerprint density at radius 2 is 2.00 bits per heavy atom. The predicted molar refractivity (Wildman–Crippen MR) is 55.5 cm³/mol. The maximum absolute atomic E-state index is 12.4. The molecule has 0 radical (unpaired) electrons. The third-order valence-corrected chi connectivity index (χ3v) is 2.43. The fraction of sp³-hybridized carbons (Fsp3) is 0.364. The van der Waals surface area contributed by atoms with Crippen LogP contribution in [0.4, 0.5) is 18.9 Å². The largest absolute Gasteiger partial charge is 0.416 e. The Morgan fingerprint density at radius 1 is 1.31 bits per heavy atom. The van der Waals surface area contributed by atoms with Gasteiger partial charge in [0.2, 0.25) is 0 Å². The minimum Gasteiger partial charge on any atom is -0.387 e. The zero-order valence-electron chi connectivity index (χ0n) is 8.46. The topological polar surface area (TPSA) is 38.4 Å². The lowest BCUT2D eigenvalue weighted by Crippen LogP contribution is -2.13. The Hall–Kier alpha value is -1.52. The molecular formula is C11H11F3N2. The van der Waals surface area contributed by atoms with Gasteiger partial charge in [0.05, 0.1) is 11.3 Å². The third-order valence-electron chi connectivity index (χ3n) is 2.43. The van der Waals surface area contributed by atoms with E-state index in [1.807, 2.05) is 0 Å². The van der Waals surface area contributed by atoms with E-state index in [1.54, 1.807) is 0 Å². The fourth-order valence-electron chi connectivity index (χ4n) is 1.37. The maximum Gasteiger partial charge on any atom is 0.416 e. The molecule has 0 aromatic heterocycles. The van der Waals surface area contributed by atoms with Gasteiger partial charge in [0.25, 0.3) is 0 Å². The first-order valence-electron chi connectivity index (χ1n) is 4.98. The van der Waals surface area contributed by atoms with Crippen LogP contribution < -0.4 is 5.73 Å². The van der Waals surface area contributed by atoms with Crippen molar-refractivity contribution >= 4 is 11.5 Å². The Kier molecular flexibility index (Phi) is 2.61. The van der Waals surface area contributed by atoms with Crippen LogP contribution >= 0.6 is 0 Å². The molecule has 0 aliphatic heterocycles. The molecule has 1 aromatic carbocycles. The van der Waals surface area contributed by atoms with Crippen LogP contribution in [0.25, 0.3) is 0 Å². The summed E-state index contributed by atoms with van der Waals surface area (Å²) >= 11 is 0. The van der Waals surface area contributed by atoms with Crippen molar-refractivity contribution < 1.29 is 13.2 Å². The molecule has 86 valence electrons. The highest BCUT2D eigenvalue weighted by atomic mass is 19.4. The van der Waals surface area contributed by atoms with Gasteiger partial charge in [0, 0.05) is 5.92 Å². The molecule has 1 fully saturated rings. The molecule has 1 aliphatic rings.